The molecule has 1 unspecified atom stereocenters. The summed E-state index contributed by atoms with van der Waals surface area (Å²) in [6.45, 7) is 3.79. The van der Waals surface area contributed by atoms with Crippen LogP contribution in [0.1, 0.15) is 30.1 Å². The van der Waals surface area contributed by atoms with Gasteiger partial charge in [0.25, 0.3) is 0 Å². The molecule has 1 aliphatic rings. The lowest BCUT2D eigenvalue weighted by Crippen LogP contribution is -2.31. The lowest BCUT2D eigenvalue weighted by molar-refractivity contribution is -0.128. The van der Waals surface area contributed by atoms with Crippen LogP contribution in [0.4, 0.5) is 5.82 Å². The Morgan fingerprint density at radius 3 is 2.68 bits per heavy atom. The third kappa shape index (κ3) is 5.49. The number of carbonyl (C=O) groups excluding carboxylic acids is 3. The van der Waals surface area contributed by atoms with Crippen molar-refractivity contribution in [3.8, 4) is 5.69 Å². The smallest absolute Gasteiger partial charge is 0.343 e. The van der Waals surface area contributed by atoms with Gasteiger partial charge in [-0.15, -0.1) is 0 Å². The summed E-state index contributed by atoms with van der Waals surface area (Å²) in [5, 5.41) is 7.10. The van der Waals surface area contributed by atoms with E-state index in [1.165, 1.54) is 10.9 Å². The van der Waals surface area contributed by atoms with Gasteiger partial charge in [0, 0.05) is 19.5 Å². The van der Waals surface area contributed by atoms with Crippen LogP contribution in [-0.2, 0) is 14.3 Å². The van der Waals surface area contributed by atoms with Crippen molar-refractivity contribution in [2.75, 3.05) is 45.7 Å². The maximum absolute atomic E-state index is 13.0. The maximum Gasteiger partial charge on any atom is 0.343 e. The summed E-state index contributed by atoms with van der Waals surface area (Å²) in [6, 6.07) is 9.20. The zero-order valence-electron chi connectivity index (χ0n) is 18.2. The third-order valence-corrected chi connectivity index (χ3v) is 5.13. The molecule has 1 saturated heterocycles. The first-order chi connectivity index (χ1) is 14.9. The Labute approximate surface area is 182 Å². The number of hydrogen-bond acceptors (Lipinski definition) is 6. The zero-order chi connectivity index (χ0) is 22.4. The SMILES string of the molecule is CCOC(=O)c1cnn(-c2ccccc2)c1NC(=O)C1CC(=O)N(CCCN(C)C)C1. The monoisotopic (exact) mass is 427 g/mol. The molecule has 1 N–H and O–H groups in total. The van der Waals surface area contributed by atoms with E-state index in [9.17, 15) is 14.4 Å². The number of para-hydroxylation sites is 1. The van der Waals surface area contributed by atoms with E-state index < -0.39 is 11.9 Å². The second kappa shape index (κ2) is 10.2. The normalized spacial score (nSPS) is 16.1. The molecule has 1 aromatic heterocycles. The van der Waals surface area contributed by atoms with Gasteiger partial charge in [-0.3, -0.25) is 9.59 Å². The maximum atomic E-state index is 13.0. The third-order valence-electron chi connectivity index (χ3n) is 5.13. The van der Waals surface area contributed by atoms with Gasteiger partial charge < -0.3 is 19.9 Å². The van der Waals surface area contributed by atoms with Crippen molar-refractivity contribution in [3.63, 3.8) is 0 Å². The molecule has 3 rings (SSSR count). The van der Waals surface area contributed by atoms with Gasteiger partial charge in [0.15, 0.2) is 5.82 Å². The molecule has 0 spiro atoms. The second-order valence-corrected chi connectivity index (χ2v) is 7.76. The average molecular weight is 428 g/mol. The first-order valence-electron chi connectivity index (χ1n) is 10.4. The van der Waals surface area contributed by atoms with E-state index in [0.717, 1.165) is 13.0 Å². The molecule has 0 bridgehead atoms. The fourth-order valence-corrected chi connectivity index (χ4v) is 3.55. The highest BCUT2D eigenvalue weighted by atomic mass is 16.5. The van der Waals surface area contributed by atoms with Crippen LogP contribution >= 0.6 is 0 Å². The van der Waals surface area contributed by atoms with Crippen LogP contribution in [0.3, 0.4) is 0 Å². The summed E-state index contributed by atoms with van der Waals surface area (Å²) in [7, 11) is 3.97. The molecule has 0 aliphatic carbocycles. The molecule has 0 radical (unpaired) electrons. The van der Waals surface area contributed by atoms with E-state index in [-0.39, 0.29) is 36.2 Å². The molecular formula is C22H29N5O4. The lowest BCUT2D eigenvalue weighted by atomic mass is 10.1. The highest BCUT2D eigenvalue weighted by Crippen LogP contribution is 2.25. The van der Waals surface area contributed by atoms with Crippen LogP contribution in [0.15, 0.2) is 36.5 Å². The highest BCUT2D eigenvalue weighted by molar-refractivity contribution is 6.02. The fourth-order valence-electron chi connectivity index (χ4n) is 3.55. The van der Waals surface area contributed by atoms with E-state index in [2.05, 4.69) is 15.3 Å². The van der Waals surface area contributed by atoms with Gasteiger partial charge in [-0.2, -0.15) is 5.10 Å². The van der Waals surface area contributed by atoms with Crippen LogP contribution in [-0.4, -0.2) is 77.7 Å². The summed E-state index contributed by atoms with van der Waals surface area (Å²) in [4.78, 5) is 41.6. The number of hydrogen-bond donors (Lipinski definition) is 1. The van der Waals surface area contributed by atoms with E-state index in [0.29, 0.717) is 18.8 Å². The van der Waals surface area contributed by atoms with Gasteiger partial charge in [-0.25, -0.2) is 9.48 Å². The van der Waals surface area contributed by atoms with Gasteiger partial charge in [0.1, 0.15) is 5.56 Å². The summed E-state index contributed by atoms with van der Waals surface area (Å²) in [6.07, 6.45) is 2.39. The van der Waals surface area contributed by atoms with Crippen molar-refractivity contribution in [1.29, 1.82) is 0 Å². The number of nitrogens with zero attached hydrogens (tertiary/aromatic N) is 4. The Bertz CT molecular complexity index is 925. The van der Waals surface area contributed by atoms with Gasteiger partial charge in [-0.05, 0) is 46.1 Å². The van der Waals surface area contributed by atoms with Crippen molar-refractivity contribution < 1.29 is 19.1 Å². The molecule has 2 amide bonds. The predicted octanol–water partition coefficient (Wildman–Crippen LogP) is 1.79. The Balaban J connectivity index is 1.76. The molecule has 1 aromatic carbocycles. The average Bonchev–Trinajstić information content (AvgIpc) is 3.32. The van der Waals surface area contributed by atoms with Crippen LogP contribution in [0.5, 0.6) is 0 Å². The van der Waals surface area contributed by atoms with Crippen LogP contribution < -0.4 is 5.32 Å². The number of rotatable bonds is 9. The van der Waals surface area contributed by atoms with E-state index in [1.54, 1.807) is 11.8 Å². The quantitative estimate of drug-likeness (QED) is 0.613. The summed E-state index contributed by atoms with van der Waals surface area (Å²) in [5.41, 5.74) is 0.868. The van der Waals surface area contributed by atoms with Crippen molar-refractivity contribution in [2.24, 2.45) is 5.92 Å². The van der Waals surface area contributed by atoms with Gasteiger partial charge >= 0.3 is 5.97 Å². The Morgan fingerprint density at radius 1 is 1.26 bits per heavy atom. The largest absolute Gasteiger partial charge is 0.462 e. The van der Waals surface area contributed by atoms with Gasteiger partial charge in [-0.1, -0.05) is 18.2 Å². The Kier molecular flexibility index (Phi) is 7.41. The van der Waals surface area contributed by atoms with Crippen LogP contribution in [0, 0.1) is 5.92 Å². The molecule has 1 aliphatic heterocycles. The molecule has 1 atom stereocenters. The molecule has 31 heavy (non-hydrogen) atoms. The number of likely N-dealkylation sites (tertiary alicyclic amines) is 1. The first kappa shape index (κ1) is 22.5. The number of anilines is 1. The van der Waals surface area contributed by atoms with Gasteiger partial charge in [0.05, 0.1) is 24.4 Å². The Morgan fingerprint density at radius 2 is 2.00 bits per heavy atom. The van der Waals surface area contributed by atoms with Crippen LogP contribution in [0.25, 0.3) is 5.69 Å². The molecule has 0 saturated carbocycles. The number of amides is 2. The summed E-state index contributed by atoms with van der Waals surface area (Å²) in [5.74, 6) is -1.14. The minimum absolute atomic E-state index is 0.0268. The molecule has 9 heteroatoms. The second-order valence-electron chi connectivity index (χ2n) is 7.76. The van der Waals surface area contributed by atoms with Crippen molar-refractivity contribution in [3.05, 3.63) is 42.1 Å². The minimum atomic E-state index is -0.562. The predicted molar refractivity (Wildman–Crippen MR) is 116 cm³/mol. The van der Waals surface area contributed by atoms with Crippen LogP contribution in [0.2, 0.25) is 0 Å². The topological polar surface area (TPSA) is 96.8 Å². The highest BCUT2D eigenvalue weighted by Gasteiger charge is 2.35. The Hall–Kier alpha value is -3.20. The number of nitrogens with one attached hydrogen (secondary N) is 1. The molecule has 9 nitrogen and oxygen atoms in total. The van der Waals surface area contributed by atoms with E-state index >= 15 is 0 Å². The molecule has 166 valence electrons. The van der Waals surface area contributed by atoms with E-state index in [1.807, 2.05) is 44.4 Å². The van der Waals surface area contributed by atoms with Crippen molar-refractivity contribution in [2.45, 2.75) is 19.8 Å². The van der Waals surface area contributed by atoms with Crippen molar-refractivity contribution >= 4 is 23.6 Å². The minimum Gasteiger partial charge on any atom is -0.462 e. The van der Waals surface area contributed by atoms with Crippen molar-refractivity contribution in [1.82, 2.24) is 19.6 Å². The number of esters is 1. The number of benzene rings is 1. The molecule has 2 heterocycles. The molecular weight excluding hydrogens is 398 g/mol. The summed E-state index contributed by atoms with van der Waals surface area (Å²) < 4.78 is 6.61. The number of aromatic nitrogens is 2. The standard InChI is InChI=1S/C22H29N5O4/c1-4-31-22(30)18-14-23-27(17-9-6-5-7-10-17)20(18)24-21(29)16-13-19(28)26(15-16)12-8-11-25(2)3/h5-7,9-10,14,16H,4,8,11-13,15H2,1-3H3,(H,24,29). The molecule has 2 aromatic rings. The number of carbonyl (C=O) groups is 3. The summed E-state index contributed by atoms with van der Waals surface area (Å²) >= 11 is 0. The first-order valence-corrected chi connectivity index (χ1v) is 10.4. The van der Waals surface area contributed by atoms with E-state index in [4.69, 9.17) is 4.74 Å². The zero-order valence-corrected chi connectivity index (χ0v) is 18.2. The number of ether oxygens (including phenoxy) is 1. The molecule has 1 fully saturated rings. The lowest BCUT2D eigenvalue weighted by Gasteiger charge is -2.18. The van der Waals surface area contributed by atoms with Gasteiger partial charge in [0.2, 0.25) is 11.8 Å². The fraction of sp³-hybridized carbons (Fsp3) is 0.455.